The number of aromatic carboxylic acids is 1. The van der Waals surface area contributed by atoms with Crippen molar-refractivity contribution in [2.75, 3.05) is 5.32 Å². The highest BCUT2D eigenvalue weighted by Gasteiger charge is 2.05. The lowest BCUT2D eigenvalue weighted by molar-refractivity contribution is -0.268. The van der Waals surface area contributed by atoms with Crippen LogP contribution in [-0.4, -0.2) is 21.0 Å². The predicted molar refractivity (Wildman–Crippen MR) is 67.6 cm³/mol. The van der Waals surface area contributed by atoms with E-state index in [1.54, 1.807) is 0 Å². The molecule has 6 nitrogen and oxygen atoms in total. The number of benzene rings is 1. The van der Waals surface area contributed by atoms with Crippen molar-refractivity contribution >= 4 is 17.6 Å². The van der Waals surface area contributed by atoms with Crippen LogP contribution < -0.4 is 10.4 Å². The first-order chi connectivity index (χ1) is 8.95. The normalized spacial score (nSPS) is 10.2. The molecule has 2 aromatic rings. The van der Waals surface area contributed by atoms with Gasteiger partial charge in [-0.2, -0.15) is 0 Å². The molecule has 0 amide bonds. The zero-order valence-electron chi connectivity index (χ0n) is 10.5. The number of aromatic nitrogens is 2. The largest absolute Gasteiger partial charge is 0.872 e. The Labute approximate surface area is 109 Å². The first-order valence-electron chi connectivity index (χ1n) is 5.59. The van der Waals surface area contributed by atoms with Crippen LogP contribution in [0, 0.1) is 13.8 Å². The summed E-state index contributed by atoms with van der Waals surface area (Å²) in [7, 11) is 0. The summed E-state index contributed by atoms with van der Waals surface area (Å²) < 4.78 is 0. The highest BCUT2D eigenvalue weighted by molar-refractivity contribution is 5.91. The Morgan fingerprint density at radius 3 is 2.37 bits per heavy atom. The summed E-state index contributed by atoms with van der Waals surface area (Å²) in [5.74, 6) is -1.42. The van der Waals surface area contributed by atoms with Gasteiger partial charge in [0.2, 0.25) is 5.95 Å². The number of nitrogens with one attached hydrogen (secondary N) is 1. The van der Waals surface area contributed by atoms with E-state index in [-0.39, 0.29) is 5.56 Å². The highest BCUT2D eigenvalue weighted by atomic mass is 16.4. The third kappa shape index (κ3) is 2.98. The number of nitrogens with zero attached hydrogens (tertiary/aromatic N) is 2. The lowest BCUT2D eigenvalue weighted by Crippen LogP contribution is -2.05. The number of carboxylic acids is 1. The Morgan fingerprint density at radius 1 is 1.21 bits per heavy atom. The summed E-state index contributed by atoms with van der Waals surface area (Å²) in [6.07, 6.45) is 0. The van der Waals surface area contributed by atoms with E-state index in [9.17, 15) is 9.90 Å². The van der Waals surface area contributed by atoms with Crippen molar-refractivity contribution in [2.24, 2.45) is 0 Å². The van der Waals surface area contributed by atoms with Crippen LogP contribution in [0.25, 0.3) is 0 Å². The van der Waals surface area contributed by atoms with Crippen molar-refractivity contribution in [1.82, 2.24) is 9.97 Å². The second-order valence-electron chi connectivity index (χ2n) is 4.12. The van der Waals surface area contributed by atoms with E-state index in [1.807, 2.05) is 19.9 Å². The highest BCUT2D eigenvalue weighted by Crippen LogP contribution is 2.21. The average Bonchev–Trinajstić information content (AvgIpc) is 2.26. The summed E-state index contributed by atoms with van der Waals surface area (Å²) in [4.78, 5) is 19.1. The number of carboxylic acid groups (broad SMARTS) is 1. The van der Waals surface area contributed by atoms with Gasteiger partial charge in [-0.25, -0.2) is 14.8 Å². The van der Waals surface area contributed by atoms with E-state index < -0.39 is 11.7 Å². The van der Waals surface area contributed by atoms with Crippen LogP contribution >= 0.6 is 0 Å². The Hall–Kier alpha value is -2.63. The van der Waals surface area contributed by atoms with Crippen molar-refractivity contribution < 1.29 is 15.0 Å². The van der Waals surface area contributed by atoms with E-state index in [0.29, 0.717) is 11.6 Å². The number of hydrogen-bond donors (Lipinski definition) is 2. The third-order valence-electron chi connectivity index (χ3n) is 2.45. The van der Waals surface area contributed by atoms with Crippen molar-refractivity contribution in [3.8, 4) is 5.75 Å². The molecule has 2 N–H and O–H groups in total. The Bertz CT molecular complexity index is 621. The van der Waals surface area contributed by atoms with Gasteiger partial charge >= 0.3 is 5.97 Å². The molecular weight excluding hydrogens is 246 g/mol. The van der Waals surface area contributed by atoms with Crippen molar-refractivity contribution in [2.45, 2.75) is 13.8 Å². The molecule has 0 radical (unpaired) electrons. The molecule has 0 atom stereocenters. The van der Waals surface area contributed by atoms with E-state index in [4.69, 9.17) is 5.11 Å². The molecular formula is C13H12N3O3-. The summed E-state index contributed by atoms with van der Waals surface area (Å²) in [6.45, 7) is 3.68. The number of anilines is 2. The molecule has 1 aromatic carbocycles. The molecule has 0 unspecified atom stereocenters. The molecule has 0 saturated carbocycles. The summed E-state index contributed by atoms with van der Waals surface area (Å²) >= 11 is 0. The molecule has 1 aromatic heterocycles. The molecule has 1 heterocycles. The van der Waals surface area contributed by atoms with Gasteiger partial charge < -0.3 is 15.5 Å². The molecule has 19 heavy (non-hydrogen) atoms. The molecule has 0 aliphatic heterocycles. The van der Waals surface area contributed by atoms with E-state index in [1.165, 1.54) is 18.2 Å². The number of rotatable bonds is 3. The zero-order chi connectivity index (χ0) is 14.0. The van der Waals surface area contributed by atoms with Gasteiger partial charge in [0.1, 0.15) is 0 Å². The smallest absolute Gasteiger partial charge is 0.335 e. The van der Waals surface area contributed by atoms with Crippen LogP contribution in [0.3, 0.4) is 0 Å². The van der Waals surface area contributed by atoms with Gasteiger partial charge in [-0.05, 0) is 38.1 Å². The number of hydrogen-bond acceptors (Lipinski definition) is 5. The predicted octanol–water partition coefficient (Wildman–Crippen LogP) is 1.61. The van der Waals surface area contributed by atoms with Crippen LogP contribution in [0.1, 0.15) is 21.7 Å². The van der Waals surface area contributed by atoms with E-state index in [2.05, 4.69) is 15.3 Å². The molecule has 6 heteroatoms. The minimum absolute atomic E-state index is 0.258. The van der Waals surface area contributed by atoms with E-state index >= 15 is 0 Å². The first kappa shape index (κ1) is 12.8. The molecule has 0 bridgehead atoms. The van der Waals surface area contributed by atoms with Crippen LogP contribution in [0.2, 0.25) is 0 Å². The van der Waals surface area contributed by atoms with Crippen LogP contribution in [-0.2, 0) is 0 Å². The van der Waals surface area contributed by atoms with Gasteiger partial charge in [0, 0.05) is 17.1 Å². The van der Waals surface area contributed by atoms with E-state index in [0.717, 1.165) is 11.4 Å². The minimum atomic E-state index is -1.24. The van der Waals surface area contributed by atoms with Gasteiger partial charge in [0.05, 0.1) is 5.56 Å². The molecule has 98 valence electrons. The minimum Gasteiger partial charge on any atom is -0.872 e. The van der Waals surface area contributed by atoms with Gasteiger partial charge in [-0.1, -0.05) is 5.75 Å². The number of aryl methyl sites for hydroxylation is 2. The fourth-order valence-corrected chi connectivity index (χ4v) is 1.69. The Kier molecular flexibility index (Phi) is 3.33. The number of carbonyl (C=O) groups is 1. The topological polar surface area (TPSA) is 98.2 Å². The van der Waals surface area contributed by atoms with Crippen LogP contribution in [0.4, 0.5) is 11.6 Å². The molecule has 0 aliphatic carbocycles. The van der Waals surface area contributed by atoms with Gasteiger partial charge in [0.25, 0.3) is 0 Å². The maximum Gasteiger partial charge on any atom is 0.335 e. The molecule has 0 aliphatic rings. The monoisotopic (exact) mass is 258 g/mol. The van der Waals surface area contributed by atoms with Crippen molar-refractivity contribution in [3.63, 3.8) is 0 Å². The maximum atomic E-state index is 11.5. The second kappa shape index (κ2) is 4.93. The maximum absolute atomic E-state index is 11.5. The Balaban J connectivity index is 2.28. The summed E-state index contributed by atoms with van der Waals surface area (Å²) in [6, 6.07) is 5.81. The van der Waals surface area contributed by atoms with Gasteiger partial charge in [-0.3, -0.25) is 0 Å². The van der Waals surface area contributed by atoms with Crippen molar-refractivity contribution in [3.05, 3.63) is 41.2 Å². The fraction of sp³-hybridized carbons (Fsp3) is 0.154. The SMILES string of the molecule is Cc1cc(C)nc(Nc2ccc(C(=O)O)c([O-])c2)n1. The fourth-order valence-electron chi connectivity index (χ4n) is 1.69. The van der Waals surface area contributed by atoms with Crippen LogP contribution in [0.5, 0.6) is 5.75 Å². The first-order valence-corrected chi connectivity index (χ1v) is 5.59. The molecule has 0 fully saturated rings. The summed E-state index contributed by atoms with van der Waals surface area (Å²) in [5, 5.41) is 23.2. The van der Waals surface area contributed by atoms with Crippen LogP contribution in [0.15, 0.2) is 24.3 Å². The lowest BCUT2D eigenvalue weighted by atomic mass is 10.2. The molecule has 2 rings (SSSR count). The van der Waals surface area contributed by atoms with Gasteiger partial charge in [0.15, 0.2) is 0 Å². The molecule has 0 spiro atoms. The third-order valence-corrected chi connectivity index (χ3v) is 2.45. The molecule has 0 saturated heterocycles. The standard InChI is InChI=1S/C13H13N3O3/c1-7-5-8(2)15-13(14-7)16-9-3-4-10(12(18)19)11(17)6-9/h3-6,17H,1-2H3,(H,18,19)(H,14,15,16)/p-1. The average molecular weight is 258 g/mol. The summed E-state index contributed by atoms with van der Waals surface area (Å²) in [5.41, 5.74) is 1.81. The Morgan fingerprint density at radius 2 is 1.84 bits per heavy atom. The quantitative estimate of drug-likeness (QED) is 0.867. The second-order valence-corrected chi connectivity index (χ2v) is 4.12. The van der Waals surface area contributed by atoms with Gasteiger partial charge in [-0.15, -0.1) is 0 Å². The lowest BCUT2D eigenvalue weighted by Gasteiger charge is -2.13. The van der Waals surface area contributed by atoms with Crippen molar-refractivity contribution in [1.29, 1.82) is 0 Å². The zero-order valence-corrected chi connectivity index (χ0v) is 10.5.